The highest BCUT2D eigenvalue weighted by atomic mass is 16.3. The van der Waals surface area contributed by atoms with E-state index in [0.29, 0.717) is 11.5 Å². The van der Waals surface area contributed by atoms with E-state index in [4.69, 9.17) is 5.11 Å². The summed E-state index contributed by atoms with van der Waals surface area (Å²) in [6, 6.07) is 0.227. The lowest BCUT2D eigenvalue weighted by atomic mass is 10.1. The van der Waals surface area contributed by atoms with Crippen molar-refractivity contribution in [1.29, 1.82) is 0 Å². The Bertz CT molecular complexity index is 421. The normalized spacial score (nSPS) is 18.6. The van der Waals surface area contributed by atoms with Crippen molar-refractivity contribution < 1.29 is 9.90 Å². The Morgan fingerprint density at radius 1 is 1.53 bits per heavy atom. The van der Waals surface area contributed by atoms with Crippen LogP contribution in [-0.2, 0) is 0 Å². The molecule has 104 valence electrons. The van der Waals surface area contributed by atoms with E-state index >= 15 is 0 Å². The maximum atomic E-state index is 12.4. The third-order valence-corrected chi connectivity index (χ3v) is 3.46. The first-order valence-corrected chi connectivity index (χ1v) is 6.68. The predicted molar refractivity (Wildman–Crippen MR) is 72.0 cm³/mol. The summed E-state index contributed by atoms with van der Waals surface area (Å²) in [6.07, 6.45) is 6.68. The molecule has 0 spiro atoms. The molecular weight excluding hydrogens is 244 g/mol. The third kappa shape index (κ3) is 3.20. The molecule has 1 saturated heterocycles. The van der Waals surface area contributed by atoms with Gasteiger partial charge in [-0.1, -0.05) is 0 Å². The molecule has 1 unspecified atom stereocenters. The second-order valence-corrected chi connectivity index (χ2v) is 4.70. The fourth-order valence-corrected chi connectivity index (χ4v) is 2.44. The largest absolute Gasteiger partial charge is 0.396 e. The molecule has 2 rings (SSSR count). The first kappa shape index (κ1) is 13.7. The zero-order valence-electron chi connectivity index (χ0n) is 11.2. The number of hydrogen-bond donors (Lipinski definition) is 2. The van der Waals surface area contributed by atoms with E-state index in [0.717, 1.165) is 32.2 Å². The Morgan fingerprint density at radius 3 is 3.00 bits per heavy atom. The van der Waals surface area contributed by atoms with E-state index in [1.54, 1.807) is 13.2 Å². The number of aromatic nitrogens is 2. The van der Waals surface area contributed by atoms with Gasteiger partial charge in [0.15, 0.2) is 0 Å². The van der Waals surface area contributed by atoms with Gasteiger partial charge in [-0.05, 0) is 25.7 Å². The number of amides is 1. The van der Waals surface area contributed by atoms with Gasteiger partial charge in [0, 0.05) is 26.2 Å². The van der Waals surface area contributed by atoms with Gasteiger partial charge in [-0.25, -0.2) is 9.97 Å². The minimum Gasteiger partial charge on any atom is -0.396 e. The predicted octanol–water partition coefficient (Wildman–Crippen LogP) is 0.895. The van der Waals surface area contributed by atoms with Crippen molar-refractivity contribution in [3.63, 3.8) is 0 Å². The molecule has 0 saturated carbocycles. The van der Waals surface area contributed by atoms with Gasteiger partial charge in [-0.15, -0.1) is 0 Å². The van der Waals surface area contributed by atoms with Crippen molar-refractivity contribution in [2.45, 2.75) is 31.7 Å². The van der Waals surface area contributed by atoms with Crippen molar-refractivity contribution in [2.75, 3.05) is 25.5 Å². The van der Waals surface area contributed by atoms with E-state index < -0.39 is 0 Å². The number of hydrogen-bond acceptors (Lipinski definition) is 5. The summed E-state index contributed by atoms with van der Waals surface area (Å²) in [5, 5.41) is 11.8. The first-order valence-electron chi connectivity index (χ1n) is 6.68. The Morgan fingerprint density at radius 2 is 2.37 bits per heavy atom. The molecule has 1 aromatic rings. The van der Waals surface area contributed by atoms with Gasteiger partial charge in [0.25, 0.3) is 5.91 Å². The maximum Gasteiger partial charge on any atom is 0.274 e. The van der Waals surface area contributed by atoms with E-state index in [2.05, 4.69) is 15.3 Å². The number of nitrogens with zero attached hydrogens (tertiary/aromatic N) is 3. The van der Waals surface area contributed by atoms with E-state index in [1.165, 1.54) is 6.20 Å². The van der Waals surface area contributed by atoms with E-state index in [-0.39, 0.29) is 18.6 Å². The number of aliphatic hydroxyl groups excluding tert-OH is 1. The van der Waals surface area contributed by atoms with Gasteiger partial charge in [-0.3, -0.25) is 4.79 Å². The standard InChI is InChI=1S/C13H20N4O2/c1-14-12-9-15-11(8-16-12)13(19)17-6-2-4-10(17)5-3-7-18/h8-10,18H,2-7H2,1H3,(H,14,16). The van der Waals surface area contributed by atoms with Crippen molar-refractivity contribution in [3.05, 3.63) is 18.1 Å². The van der Waals surface area contributed by atoms with Crippen LogP contribution in [0.2, 0.25) is 0 Å². The average Bonchev–Trinajstić information content (AvgIpc) is 2.92. The summed E-state index contributed by atoms with van der Waals surface area (Å²) in [6.45, 7) is 0.944. The second-order valence-electron chi connectivity index (χ2n) is 4.70. The Balaban J connectivity index is 2.04. The molecule has 1 fully saturated rings. The highest BCUT2D eigenvalue weighted by Gasteiger charge is 2.29. The van der Waals surface area contributed by atoms with Crippen LogP contribution in [-0.4, -0.2) is 52.1 Å². The zero-order valence-corrected chi connectivity index (χ0v) is 11.2. The highest BCUT2D eigenvalue weighted by Crippen LogP contribution is 2.23. The van der Waals surface area contributed by atoms with Crippen LogP contribution in [0.1, 0.15) is 36.2 Å². The van der Waals surface area contributed by atoms with Crippen molar-refractivity contribution in [1.82, 2.24) is 14.9 Å². The fourth-order valence-electron chi connectivity index (χ4n) is 2.44. The zero-order chi connectivity index (χ0) is 13.7. The quantitative estimate of drug-likeness (QED) is 0.826. The molecule has 1 aliphatic heterocycles. The van der Waals surface area contributed by atoms with Gasteiger partial charge in [0.2, 0.25) is 0 Å². The van der Waals surface area contributed by atoms with Crippen molar-refractivity contribution in [2.24, 2.45) is 0 Å². The topological polar surface area (TPSA) is 78.4 Å². The molecule has 0 bridgehead atoms. The number of nitrogens with one attached hydrogen (secondary N) is 1. The molecule has 1 amide bonds. The van der Waals surface area contributed by atoms with Crippen LogP contribution in [0, 0.1) is 0 Å². The summed E-state index contributed by atoms with van der Waals surface area (Å²) >= 11 is 0. The molecule has 1 aromatic heterocycles. The number of likely N-dealkylation sites (tertiary alicyclic amines) is 1. The van der Waals surface area contributed by atoms with Gasteiger partial charge in [-0.2, -0.15) is 0 Å². The summed E-state index contributed by atoms with van der Waals surface area (Å²) in [5.41, 5.74) is 0.384. The average molecular weight is 264 g/mol. The molecule has 0 aromatic carbocycles. The molecule has 19 heavy (non-hydrogen) atoms. The number of aliphatic hydroxyl groups is 1. The smallest absolute Gasteiger partial charge is 0.274 e. The Labute approximate surface area is 112 Å². The van der Waals surface area contributed by atoms with Crippen LogP contribution in [0.15, 0.2) is 12.4 Å². The SMILES string of the molecule is CNc1cnc(C(=O)N2CCCC2CCCO)cn1. The molecule has 6 nitrogen and oxygen atoms in total. The lowest BCUT2D eigenvalue weighted by molar-refractivity contribution is 0.0718. The third-order valence-electron chi connectivity index (χ3n) is 3.46. The summed E-state index contributed by atoms with van der Waals surface area (Å²) in [5.74, 6) is 0.588. The molecule has 2 N–H and O–H groups in total. The summed E-state index contributed by atoms with van der Waals surface area (Å²) in [4.78, 5) is 22.5. The number of carbonyl (C=O) groups excluding carboxylic acids is 1. The fraction of sp³-hybridized carbons (Fsp3) is 0.615. The molecule has 2 heterocycles. The van der Waals surface area contributed by atoms with Crippen molar-refractivity contribution in [3.8, 4) is 0 Å². The van der Waals surface area contributed by atoms with Crippen LogP contribution in [0.4, 0.5) is 5.82 Å². The molecule has 6 heteroatoms. The Kier molecular flexibility index (Phi) is 4.68. The first-order chi connectivity index (χ1) is 9.26. The monoisotopic (exact) mass is 264 g/mol. The van der Waals surface area contributed by atoms with Crippen LogP contribution >= 0.6 is 0 Å². The number of carbonyl (C=O) groups is 1. The highest BCUT2D eigenvalue weighted by molar-refractivity contribution is 5.92. The van der Waals surface area contributed by atoms with Gasteiger partial charge in [0.05, 0.1) is 12.4 Å². The van der Waals surface area contributed by atoms with Crippen LogP contribution < -0.4 is 5.32 Å². The van der Waals surface area contributed by atoms with Gasteiger partial charge >= 0.3 is 0 Å². The van der Waals surface area contributed by atoms with E-state index in [1.807, 2.05) is 4.90 Å². The Hall–Kier alpha value is -1.69. The van der Waals surface area contributed by atoms with Crippen molar-refractivity contribution >= 4 is 11.7 Å². The molecule has 0 radical (unpaired) electrons. The molecule has 1 atom stereocenters. The number of rotatable bonds is 5. The molecule has 1 aliphatic rings. The summed E-state index contributed by atoms with van der Waals surface area (Å²) < 4.78 is 0. The molecule has 0 aliphatic carbocycles. The number of anilines is 1. The van der Waals surface area contributed by atoms with Gasteiger partial charge in [0.1, 0.15) is 11.5 Å². The van der Waals surface area contributed by atoms with Gasteiger partial charge < -0.3 is 15.3 Å². The summed E-state index contributed by atoms with van der Waals surface area (Å²) in [7, 11) is 1.76. The maximum absolute atomic E-state index is 12.4. The molecular formula is C13H20N4O2. The van der Waals surface area contributed by atoms with Crippen LogP contribution in [0.3, 0.4) is 0 Å². The van der Waals surface area contributed by atoms with Crippen LogP contribution in [0.5, 0.6) is 0 Å². The lowest BCUT2D eigenvalue weighted by Crippen LogP contribution is -2.36. The minimum atomic E-state index is -0.0596. The lowest BCUT2D eigenvalue weighted by Gasteiger charge is -2.24. The van der Waals surface area contributed by atoms with E-state index in [9.17, 15) is 4.79 Å². The van der Waals surface area contributed by atoms with Crippen LogP contribution in [0.25, 0.3) is 0 Å². The second kappa shape index (κ2) is 6.47. The minimum absolute atomic E-state index is 0.0596.